The van der Waals surface area contributed by atoms with E-state index in [1.807, 2.05) is 24.3 Å². The lowest BCUT2D eigenvalue weighted by Crippen LogP contribution is -2.11. The Morgan fingerprint density at radius 3 is 2.40 bits per heavy atom. The van der Waals surface area contributed by atoms with E-state index < -0.39 is 11.6 Å². The Bertz CT molecular complexity index is 586. The summed E-state index contributed by atoms with van der Waals surface area (Å²) in [6.45, 7) is 0. The van der Waals surface area contributed by atoms with Gasteiger partial charge in [0.25, 0.3) is 0 Å². The fourth-order valence-corrected chi connectivity index (χ4v) is 2.82. The molecule has 0 fully saturated rings. The Morgan fingerprint density at radius 1 is 1.00 bits per heavy atom. The summed E-state index contributed by atoms with van der Waals surface area (Å²) < 4.78 is 27.2. The van der Waals surface area contributed by atoms with Crippen molar-refractivity contribution < 1.29 is 8.78 Å². The zero-order chi connectivity index (χ0) is 14.5. The fourth-order valence-electron chi connectivity index (χ4n) is 2.16. The highest BCUT2D eigenvalue weighted by Crippen LogP contribution is 2.23. The summed E-state index contributed by atoms with van der Waals surface area (Å²) in [5, 5.41) is 0. The lowest BCUT2D eigenvalue weighted by atomic mass is 9.94. The number of rotatable bonds is 5. The van der Waals surface area contributed by atoms with Gasteiger partial charge in [0.05, 0.1) is 0 Å². The van der Waals surface area contributed by atoms with E-state index in [1.165, 1.54) is 11.6 Å². The second-order valence-electron chi connectivity index (χ2n) is 4.77. The summed E-state index contributed by atoms with van der Waals surface area (Å²) in [6.07, 6.45) is 1.42. The van der Waals surface area contributed by atoms with Crippen LogP contribution >= 0.6 is 27.5 Å². The van der Waals surface area contributed by atoms with Crippen LogP contribution in [0.25, 0.3) is 0 Å². The van der Waals surface area contributed by atoms with Crippen LogP contribution in [0.4, 0.5) is 8.78 Å². The molecule has 2 aromatic rings. The Balaban J connectivity index is 2.09. The second kappa shape index (κ2) is 7.19. The molecular formula is C16H14BrClF2. The van der Waals surface area contributed by atoms with Gasteiger partial charge in [0.1, 0.15) is 0 Å². The monoisotopic (exact) mass is 358 g/mol. The Labute approximate surface area is 130 Å². The predicted molar refractivity (Wildman–Crippen MR) is 82.1 cm³/mol. The molecule has 0 saturated heterocycles. The first-order valence-electron chi connectivity index (χ1n) is 6.33. The molecule has 0 amide bonds. The number of benzene rings is 2. The van der Waals surface area contributed by atoms with Crippen molar-refractivity contribution in [3.05, 3.63) is 69.7 Å². The molecule has 4 heteroatoms. The number of alkyl halides is 1. The van der Waals surface area contributed by atoms with Crippen molar-refractivity contribution in [2.45, 2.75) is 12.8 Å². The van der Waals surface area contributed by atoms with Gasteiger partial charge in [-0.2, -0.15) is 0 Å². The molecule has 106 valence electrons. The zero-order valence-corrected chi connectivity index (χ0v) is 13.1. The van der Waals surface area contributed by atoms with Crippen LogP contribution in [0.1, 0.15) is 11.1 Å². The number of hydrogen-bond acceptors (Lipinski definition) is 0. The molecule has 0 radical (unpaired) electrons. The average molecular weight is 360 g/mol. The first-order chi connectivity index (χ1) is 9.60. The first-order valence-corrected chi connectivity index (χ1v) is 7.66. The summed E-state index contributed by atoms with van der Waals surface area (Å²) in [4.78, 5) is 0. The molecule has 0 saturated carbocycles. The molecule has 0 bridgehead atoms. The van der Waals surface area contributed by atoms with Gasteiger partial charge in [0.2, 0.25) is 0 Å². The van der Waals surface area contributed by atoms with Crippen LogP contribution < -0.4 is 0 Å². The Kier molecular flexibility index (Phi) is 5.55. The van der Waals surface area contributed by atoms with E-state index in [9.17, 15) is 8.78 Å². The molecule has 2 rings (SSSR count). The Morgan fingerprint density at radius 2 is 1.75 bits per heavy atom. The van der Waals surface area contributed by atoms with E-state index in [0.717, 1.165) is 22.5 Å². The van der Waals surface area contributed by atoms with Crippen LogP contribution in [-0.2, 0) is 12.8 Å². The summed E-state index contributed by atoms with van der Waals surface area (Å²) >= 11 is 9.52. The molecule has 0 aliphatic heterocycles. The van der Waals surface area contributed by atoms with Gasteiger partial charge in [-0.05, 0) is 48.1 Å². The van der Waals surface area contributed by atoms with Gasteiger partial charge in [-0.15, -0.1) is 11.6 Å². The van der Waals surface area contributed by atoms with Gasteiger partial charge in [0, 0.05) is 10.4 Å². The number of hydrogen-bond donors (Lipinski definition) is 0. The Hall–Kier alpha value is -0.930. The molecule has 1 atom stereocenters. The van der Waals surface area contributed by atoms with Gasteiger partial charge >= 0.3 is 0 Å². The van der Waals surface area contributed by atoms with E-state index >= 15 is 0 Å². The zero-order valence-electron chi connectivity index (χ0n) is 10.8. The van der Waals surface area contributed by atoms with Crippen molar-refractivity contribution in [3.8, 4) is 0 Å². The summed E-state index contributed by atoms with van der Waals surface area (Å²) in [6, 6.07) is 12.0. The standard InChI is InChI=1S/C16H14BrClF2/c17-14-4-2-1-3-13(14)8-12(10-18)7-11-5-6-15(19)16(20)9-11/h1-6,9,12H,7-8,10H2. The summed E-state index contributed by atoms with van der Waals surface area (Å²) in [5.41, 5.74) is 1.93. The van der Waals surface area contributed by atoms with Gasteiger partial charge < -0.3 is 0 Å². The molecule has 0 nitrogen and oxygen atoms in total. The largest absolute Gasteiger partial charge is 0.204 e. The van der Waals surface area contributed by atoms with Crippen molar-refractivity contribution in [2.24, 2.45) is 5.92 Å². The van der Waals surface area contributed by atoms with Crippen molar-refractivity contribution in [2.75, 3.05) is 5.88 Å². The molecule has 0 aromatic heterocycles. The normalized spacial score (nSPS) is 12.4. The molecule has 0 aliphatic rings. The van der Waals surface area contributed by atoms with E-state index in [1.54, 1.807) is 6.07 Å². The lowest BCUT2D eigenvalue weighted by molar-refractivity contribution is 0.503. The third-order valence-corrected chi connectivity index (χ3v) is 4.40. The minimum absolute atomic E-state index is 0.181. The van der Waals surface area contributed by atoms with E-state index in [2.05, 4.69) is 15.9 Å². The molecule has 0 spiro atoms. The van der Waals surface area contributed by atoms with Crippen molar-refractivity contribution >= 4 is 27.5 Å². The maximum Gasteiger partial charge on any atom is 0.159 e. The summed E-state index contributed by atoms with van der Waals surface area (Å²) in [5.74, 6) is -0.973. The fraction of sp³-hybridized carbons (Fsp3) is 0.250. The van der Waals surface area contributed by atoms with E-state index in [-0.39, 0.29) is 5.92 Å². The van der Waals surface area contributed by atoms with Crippen LogP contribution in [0.15, 0.2) is 46.9 Å². The van der Waals surface area contributed by atoms with Gasteiger partial charge in [-0.1, -0.05) is 40.2 Å². The first kappa shape index (κ1) is 15.5. The van der Waals surface area contributed by atoms with Gasteiger partial charge in [0.15, 0.2) is 11.6 Å². The molecule has 20 heavy (non-hydrogen) atoms. The summed E-state index contributed by atoms with van der Waals surface area (Å²) in [7, 11) is 0. The maximum atomic E-state index is 13.2. The lowest BCUT2D eigenvalue weighted by Gasteiger charge is -2.15. The molecule has 0 heterocycles. The second-order valence-corrected chi connectivity index (χ2v) is 5.93. The predicted octanol–water partition coefficient (Wildman–Crippen LogP) is 5.37. The van der Waals surface area contributed by atoms with Gasteiger partial charge in [-0.3, -0.25) is 0 Å². The average Bonchev–Trinajstić information content (AvgIpc) is 2.44. The van der Waals surface area contributed by atoms with Crippen LogP contribution in [-0.4, -0.2) is 5.88 Å². The third kappa shape index (κ3) is 4.03. The minimum atomic E-state index is -0.818. The third-order valence-electron chi connectivity index (χ3n) is 3.19. The minimum Gasteiger partial charge on any atom is -0.204 e. The molecule has 0 aliphatic carbocycles. The quantitative estimate of drug-likeness (QED) is 0.630. The molecular weight excluding hydrogens is 346 g/mol. The smallest absolute Gasteiger partial charge is 0.159 e. The van der Waals surface area contributed by atoms with E-state index in [4.69, 9.17) is 11.6 Å². The van der Waals surface area contributed by atoms with E-state index in [0.29, 0.717) is 12.3 Å². The van der Waals surface area contributed by atoms with Crippen LogP contribution in [0, 0.1) is 17.6 Å². The van der Waals surface area contributed by atoms with Crippen molar-refractivity contribution in [1.29, 1.82) is 0 Å². The van der Waals surface area contributed by atoms with Gasteiger partial charge in [-0.25, -0.2) is 8.78 Å². The SMILES string of the molecule is Fc1ccc(CC(CCl)Cc2ccccc2Br)cc1F. The topological polar surface area (TPSA) is 0 Å². The highest BCUT2D eigenvalue weighted by molar-refractivity contribution is 9.10. The van der Waals surface area contributed by atoms with Crippen molar-refractivity contribution in [1.82, 2.24) is 0 Å². The maximum absolute atomic E-state index is 13.2. The number of halogens is 4. The highest BCUT2D eigenvalue weighted by atomic mass is 79.9. The molecule has 2 aromatic carbocycles. The van der Waals surface area contributed by atoms with Crippen molar-refractivity contribution in [3.63, 3.8) is 0 Å². The van der Waals surface area contributed by atoms with Crippen LogP contribution in [0.2, 0.25) is 0 Å². The molecule has 0 N–H and O–H groups in total. The molecule has 1 unspecified atom stereocenters. The van der Waals surface area contributed by atoms with Crippen LogP contribution in [0.5, 0.6) is 0 Å². The highest BCUT2D eigenvalue weighted by Gasteiger charge is 2.13. The van der Waals surface area contributed by atoms with Crippen LogP contribution in [0.3, 0.4) is 0 Å².